The van der Waals surface area contributed by atoms with Gasteiger partial charge in [0.05, 0.1) is 6.54 Å². The van der Waals surface area contributed by atoms with Crippen molar-refractivity contribution in [2.75, 3.05) is 32.7 Å². The maximum Gasteiger partial charge on any atom is 0.317 e. The van der Waals surface area contributed by atoms with Crippen LogP contribution in [0, 0.1) is 11.3 Å². The van der Waals surface area contributed by atoms with Crippen molar-refractivity contribution in [2.45, 2.75) is 12.8 Å². The Morgan fingerprint density at radius 1 is 1.03 bits per heavy atom. The first-order chi connectivity index (χ1) is 13.9. The Balaban J connectivity index is 1.52. The topological polar surface area (TPSA) is 81.1 Å². The molecule has 6 nitrogen and oxygen atoms in total. The second-order valence-corrected chi connectivity index (χ2v) is 8.34. The predicted molar refractivity (Wildman–Crippen MR) is 109 cm³/mol. The first-order valence-corrected chi connectivity index (χ1v) is 10.0. The molecule has 1 amide bonds. The molecule has 0 saturated carbocycles. The van der Waals surface area contributed by atoms with E-state index in [0.29, 0.717) is 31.7 Å². The lowest BCUT2D eigenvalue weighted by Crippen LogP contribution is -2.38. The summed E-state index contributed by atoms with van der Waals surface area (Å²) in [6.07, 6.45) is 1.83. The van der Waals surface area contributed by atoms with Gasteiger partial charge in [-0.15, -0.1) is 0 Å². The fraction of sp³-hybridized carbons (Fsp3) is 0.391. The molecule has 4 rings (SSSR count). The molecule has 0 radical (unpaired) electrons. The first-order valence-electron chi connectivity index (χ1n) is 10.0. The van der Waals surface area contributed by atoms with Crippen LogP contribution in [0.2, 0.25) is 0 Å². The molecule has 152 valence electrons. The van der Waals surface area contributed by atoms with Crippen LogP contribution in [0.1, 0.15) is 22.3 Å². The van der Waals surface area contributed by atoms with Gasteiger partial charge in [-0.3, -0.25) is 14.5 Å². The lowest BCUT2D eigenvalue weighted by Gasteiger charge is -2.29. The van der Waals surface area contributed by atoms with E-state index in [1.807, 2.05) is 28.0 Å². The smallest absolute Gasteiger partial charge is 0.317 e. The molecule has 2 N–H and O–H groups in total. The lowest BCUT2D eigenvalue weighted by molar-refractivity contribution is -0.138. The molecule has 0 bridgehead atoms. The van der Waals surface area contributed by atoms with Crippen LogP contribution in [0.4, 0.5) is 0 Å². The number of carboxylic acids is 1. The van der Waals surface area contributed by atoms with E-state index >= 15 is 0 Å². The molecule has 29 heavy (non-hydrogen) atoms. The van der Waals surface area contributed by atoms with E-state index in [1.54, 1.807) is 18.2 Å². The number of hydrogen-bond acceptors (Lipinski definition) is 4. The zero-order valence-corrected chi connectivity index (χ0v) is 16.3. The molecule has 2 unspecified atom stereocenters. The highest BCUT2D eigenvalue weighted by Crippen LogP contribution is 2.46. The largest absolute Gasteiger partial charge is 0.508 e. The number of hydrogen-bond donors (Lipinski definition) is 2. The van der Waals surface area contributed by atoms with Gasteiger partial charge in [-0.05, 0) is 42.5 Å². The fourth-order valence-electron chi connectivity index (χ4n) is 4.97. The van der Waals surface area contributed by atoms with Crippen LogP contribution in [-0.2, 0) is 11.2 Å². The number of amides is 1. The van der Waals surface area contributed by atoms with Crippen LogP contribution in [-0.4, -0.2) is 64.6 Å². The van der Waals surface area contributed by atoms with Gasteiger partial charge in [0.2, 0.25) is 0 Å². The van der Waals surface area contributed by atoms with E-state index in [-0.39, 0.29) is 29.5 Å². The molecule has 0 aromatic heterocycles. The second kappa shape index (κ2) is 7.87. The van der Waals surface area contributed by atoms with Crippen molar-refractivity contribution in [3.63, 3.8) is 0 Å². The monoisotopic (exact) mass is 394 g/mol. The van der Waals surface area contributed by atoms with Crippen molar-refractivity contribution in [3.05, 3.63) is 65.7 Å². The third-order valence-corrected chi connectivity index (χ3v) is 6.32. The SMILES string of the molecule is O=C(O)CN1CC2CN(C(=O)c3cccc(O)c3)CC2(CCc2ccccc2)C1. The molecule has 2 aromatic rings. The van der Waals surface area contributed by atoms with Gasteiger partial charge in [0.25, 0.3) is 5.91 Å². The van der Waals surface area contributed by atoms with E-state index in [1.165, 1.54) is 11.6 Å². The lowest BCUT2D eigenvalue weighted by atomic mass is 9.76. The maximum atomic E-state index is 13.0. The number of carboxylic acid groups (broad SMARTS) is 1. The van der Waals surface area contributed by atoms with Crippen molar-refractivity contribution < 1.29 is 19.8 Å². The summed E-state index contributed by atoms with van der Waals surface area (Å²) in [7, 11) is 0. The number of rotatable bonds is 6. The Kier molecular flexibility index (Phi) is 5.28. The van der Waals surface area contributed by atoms with Crippen molar-refractivity contribution in [2.24, 2.45) is 11.3 Å². The van der Waals surface area contributed by atoms with Crippen LogP contribution >= 0.6 is 0 Å². The van der Waals surface area contributed by atoms with Gasteiger partial charge in [0.15, 0.2) is 0 Å². The van der Waals surface area contributed by atoms with Crippen LogP contribution in [0.5, 0.6) is 5.75 Å². The minimum Gasteiger partial charge on any atom is -0.508 e. The standard InChI is InChI=1S/C23H26N2O4/c26-20-8-4-7-18(11-20)22(29)25-13-19-12-24(14-21(27)28)15-23(19,16-25)10-9-17-5-2-1-3-6-17/h1-8,11,19,26H,9-10,12-16H2,(H,27,28). The normalized spacial score (nSPS) is 23.9. The summed E-state index contributed by atoms with van der Waals surface area (Å²) in [6.45, 7) is 2.68. The zero-order chi connectivity index (χ0) is 20.4. The summed E-state index contributed by atoms with van der Waals surface area (Å²) in [6, 6.07) is 16.7. The number of carbonyl (C=O) groups is 2. The van der Waals surface area contributed by atoms with Crippen molar-refractivity contribution in [3.8, 4) is 5.75 Å². The van der Waals surface area contributed by atoms with E-state index in [0.717, 1.165) is 12.8 Å². The number of aromatic hydroxyl groups is 1. The highest BCUT2D eigenvalue weighted by Gasteiger charge is 2.53. The summed E-state index contributed by atoms with van der Waals surface area (Å²) in [5.74, 6) is -0.538. The number of aryl methyl sites for hydroxylation is 1. The minimum atomic E-state index is -0.809. The van der Waals surface area contributed by atoms with Gasteiger partial charge in [0, 0.05) is 37.2 Å². The van der Waals surface area contributed by atoms with Crippen LogP contribution in [0.25, 0.3) is 0 Å². The molecule has 6 heteroatoms. The molecule has 2 aliphatic heterocycles. The highest BCUT2D eigenvalue weighted by molar-refractivity contribution is 5.94. The molecule has 0 spiro atoms. The quantitative estimate of drug-likeness (QED) is 0.787. The van der Waals surface area contributed by atoms with E-state index in [4.69, 9.17) is 0 Å². The van der Waals surface area contributed by atoms with Crippen molar-refractivity contribution in [1.29, 1.82) is 0 Å². The van der Waals surface area contributed by atoms with Gasteiger partial charge in [-0.2, -0.15) is 0 Å². The Morgan fingerprint density at radius 2 is 1.83 bits per heavy atom. The third-order valence-electron chi connectivity index (χ3n) is 6.32. The number of benzene rings is 2. The van der Waals surface area contributed by atoms with Gasteiger partial charge in [-0.1, -0.05) is 36.4 Å². The van der Waals surface area contributed by atoms with E-state index < -0.39 is 5.97 Å². The number of aliphatic carboxylic acids is 1. The summed E-state index contributed by atoms with van der Waals surface area (Å²) >= 11 is 0. The van der Waals surface area contributed by atoms with E-state index in [9.17, 15) is 19.8 Å². The molecule has 2 saturated heterocycles. The summed E-state index contributed by atoms with van der Waals surface area (Å²) in [5, 5.41) is 18.9. The summed E-state index contributed by atoms with van der Waals surface area (Å²) in [4.78, 5) is 28.1. The number of phenols is 1. The van der Waals surface area contributed by atoms with Crippen LogP contribution < -0.4 is 0 Å². The molecule has 2 heterocycles. The van der Waals surface area contributed by atoms with E-state index in [2.05, 4.69) is 12.1 Å². The summed E-state index contributed by atoms with van der Waals surface area (Å²) in [5.41, 5.74) is 1.65. The molecule has 2 aromatic carbocycles. The van der Waals surface area contributed by atoms with Crippen molar-refractivity contribution in [1.82, 2.24) is 9.80 Å². The molecule has 2 atom stereocenters. The molecule has 2 aliphatic rings. The number of fused-ring (bicyclic) bond motifs is 1. The van der Waals surface area contributed by atoms with Crippen molar-refractivity contribution >= 4 is 11.9 Å². The number of carbonyl (C=O) groups excluding carboxylic acids is 1. The van der Waals surface area contributed by atoms with Gasteiger partial charge in [0.1, 0.15) is 5.75 Å². The number of phenolic OH excluding ortho intramolecular Hbond substituents is 1. The van der Waals surface area contributed by atoms with Crippen LogP contribution in [0.3, 0.4) is 0 Å². The van der Waals surface area contributed by atoms with Crippen LogP contribution in [0.15, 0.2) is 54.6 Å². The second-order valence-electron chi connectivity index (χ2n) is 8.34. The highest BCUT2D eigenvalue weighted by atomic mass is 16.4. The Hall–Kier alpha value is -2.86. The van der Waals surface area contributed by atoms with Gasteiger partial charge >= 0.3 is 5.97 Å². The zero-order valence-electron chi connectivity index (χ0n) is 16.3. The maximum absolute atomic E-state index is 13.0. The van der Waals surface area contributed by atoms with Gasteiger partial charge in [-0.25, -0.2) is 0 Å². The molecule has 0 aliphatic carbocycles. The first kappa shape index (κ1) is 19.5. The number of likely N-dealkylation sites (tertiary alicyclic amines) is 2. The minimum absolute atomic E-state index is 0.0457. The predicted octanol–water partition coefficient (Wildman–Crippen LogP) is 2.48. The fourth-order valence-corrected chi connectivity index (χ4v) is 4.97. The average molecular weight is 394 g/mol. The molecular formula is C23H26N2O4. The Morgan fingerprint density at radius 3 is 2.55 bits per heavy atom. The molecule has 2 fully saturated rings. The van der Waals surface area contributed by atoms with Gasteiger partial charge < -0.3 is 15.1 Å². The molecular weight excluding hydrogens is 368 g/mol. The Bertz CT molecular complexity index is 901. The third kappa shape index (κ3) is 4.12. The Labute approximate surface area is 170 Å². The summed E-state index contributed by atoms with van der Waals surface area (Å²) < 4.78 is 0. The average Bonchev–Trinajstić information content (AvgIpc) is 3.20. The number of nitrogens with zero attached hydrogens (tertiary/aromatic N) is 2.